The third kappa shape index (κ3) is 5.68. The Morgan fingerprint density at radius 3 is 2.68 bits per heavy atom. The van der Waals surface area contributed by atoms with Gasteiger partial charge in [0.25, 0.3) is 0 Å². The summed E-state index contributed by atoms with van der Waals surface area (Å²) in [4.78, 5) is 0. The summed E-state index contributed by atoms with van der Waals surface area (Å²) in [6.45, 7) is 6.58. The second-order valence-corrected chi connectivity index (χ2v) is 5.63. The summed E-state index contributed by atoms with van der Waals surface area (Å²) in [6, 6.07) is 5.30. The van der Waals surface area contributed by atoms with Gasteiger partial charge in [0, 0.05) is 19.2 Å². The van der Waals surface area contributed by atoms with E-state index in [1.807, 2.05) is 19.9 Å². The summed E-state index contributed by atoms with van der Waals surface area (Å²) < 4.78 is 18.4. The van der Waals surface area contributed by atoms with Crippen molar-refractivity contribution in [1.82, 2.24) is 5.32 Å². The van der Waals surface area contributed by atoms with Crippen molar-refractivity contribution in [2.24, 2.45) is 0 Å². The maximum atomic E-state index is 13.5. The summed E-state index contributed by atoms with van der Waals surface area (Å²) in [6.07, 6.45) is 0.170. The molecular weight excluding hydrogens is 245 g/mol. The third-order valence-corrected chi connectivity index (χ3v) is 3.06. The van der Waals surface area contributed by atoms with Crippen molar-refractivity contribution in [2.75, 3.05) is 20.3 Å². The molecule has 0 amide bonds. The molecule has 0 fully saturated rings. The molecule has 0 unspecified atom stereocenters. The van der Waals surface area contributed by atoms with Gasteiger partial charge in [-0.15, -0.1) is 0 Å². The number of aliphatic hydroxyl groups excluding tert-OH is 1. The van der Waals surface area contributed by atoms with Crippen LogP contribution in [0.5, 0.6) is 0 Å². The topological polar surface area (TPSA) is 41.5 Å². The Kier molecular flexibility index (Phi) is 5.91. The highest BCUT2D eigenvalue weighted by Crippen LogP contribution is 2.16. The molecule has 19 heavy (non-hydrogen) atoms. The van der Waals surface area contributed by atoms with E-state index in [4.69, 9.17) is 4.74 Å². The number of ether oxygens (including phenoxy) is 1. The average Bonchev–Trinajstić information content (AvgIpc) is 2.32. The molecule has 1 atom stereocenters. The van der Waals surface area contributed by atoms with Crippen molar-refractivity contribution in [3.63, 3.8) is 0 Å². The van der Waals surface area contributed by atoms with Crippen LogP contribution in [0, 0.1) is 12.7 Å². The first-order valence-electron chi connectivity index (χ1n) is 6.51. The molecule has 0 aliphatic carbocycles. The number of benzene rings is 1. The zero-order valence-electron chi connectivity index (χ0n) is 12.2. The van der Waals surface area contributed by atoms with Gasteiger partial charge < -0.3 is 15.2 Å². The Bertz CT molecular complexity index is 407. The SMILES string of the molecule is COC[C@H](O)CNC(C)(C)Cc1ccc(C)c(F)c1. The van der Waals surface area contributed by atoms with Gasteiger partial charge in [-0.1, -0.05) is 12.1 Å². The van der Waals surface area contributed by atoms with Gasteiger partial charge in [0.2, 0.25) is 0 Å². The Morgan fingerprint density at radius 2 is 2.11 bits per heavy atom. The van der Waals surface area contributed by atoms with Crippen molar-refractivity contribution in [2.45, 2.75) is 38.8 Å². The van der Waals surface area contributed by atoms with Gasteiger partial charge in [0.15, 0.2) is 0 Å². The molecule has 0 bridgehead atoms. The van der Waals surface area contributed by atoms with E-state index in [1.165, 1.54) is 0 Å². The van der Waals surface area contributed by atoms with Crippen molar-refractivity contribution in [3.8, 4) is 0 Å². The minimum absolute atomic E-state index is 0.173. The Hall–Kier alpha value is -0.970. The summed E-state index contributed by atoms with van der Waals surface area (Å²) in [5.74, 6) is -0.173. The molecule has 3 nitrogen and oxygen atoms in total. The molecule has 108 valence electrons. The van der Waals surface area contributed by atoms with Gasteiger partial charge in [0.05, 0.1) is 12.7 Å². The van der Waals surface area contributed by atoms with E-state index in [1.54, 1.807) is 26.2 Å². The fraction of sp³-hybridized carbons (Fsp3) is 0.600. The molecule has 0 radical (unpaired) electrons. The quantitative estimate of drug-likeness (QED) is 0.796. The van der Waals surface area contributed by atoms with E-state index < -0.39 is 6.10 Å². The number of β-amino-alcohol motifs (C(OH)–C–C–N with tert-alkyl or cyclic N) is 1. The maximum absolute atomic E-state index is 13.5. The molecule has 1 rings (SSSR count). The van der Waals surface area contributed by atoms with Gasteiger partial charge in [-0.2, -0.15) is 0 Å². The first kappa shape index (κ1) is 16.1. The summed E-state index contributed by atoms with van der Waals surface area (Å²) in [7, 11) is 1.56. The highest BCUT2D eigenvalue weighted by atomic mass is 19.1. The van der Waals surface area contributed by atoms with Crippen LogP contribution in [0.4, 0.5) is 4.39 Å². The standard InChI is InChI=1S/C15H24FNO2/c1-11-5-6-12(7-14(11)16)8-15(2,3)17-9-13(18)10-19-4/h5-7,13,17-18H,8-10H2,1-4H3/t13-/m1/s1. The number of hydrogen-bond acceptors (Lipinski definition) is 3. The number of hydrogen-bond donors (Lipinski definition) is 2. The van der Waals surface area contributed by atoms with Crippen LogP contribution in [0.1, 0.15) is 25.0 Å². The molecule has 0 aliphatic heterocycles. The first-order chi connectivity index (χ1) is 8.84. The van der Waals surface area contributed by atoms with E-state index in [0.717, 1.165) is 5.56 Å². The van der Waals surface area contributed by atoms with Gasteiger partial charge in [-0.3, -0.25) is 0 Å². The number of aryl methyl sites for hydroxylation is 1. The number of nitrogens with one attached hydrogen (secondary N) is 1. The number of rotatable bonds is 7. The lowest BCUT2D eigenvalue weighted by Crippen LogP contribution is -2.45. The van der Waals surface area contributed by atoms with E-state index in [0.29, 0.717) is 25.1 Å². The minimum Gasteiger partial charge on any atom is -0.389 e. The normalized spacial score (nSPS) is 13.6. The molecule has 4 heteroatoms. The van der Waals surface area contributed by atoms with E-state index in [-0.39, 0.29) is 11.4 Å². The highest BCUT2D eigenvalue weighted by Gasteiger charge is 2.19. The van der Waals surface area contributed by atoms with E-state index in [9.17, 15) is 9.50 Å². The van der Waals surface area contributed by atoms with E-state index >= 15 is 0 Å². The van der Waals surface area contributed by atoms with Crippen LogP contribution >= 0.6 is 0 Å². The lowest BCUT2D eigenvalue weighted by Gasteiger charge is -2.28. The van der Waals surface area contributed by atoms with Gasteiger partial charge >= 0.3 is 0 Å². The number of aliphatic hydroxyl groups is 1. The summed E-state index contributed by atoms with van der Waals surface area (Å²) in [5, 5.41) is 12.9. The lowest BCUT2D eigenvalue weighted by atomic mass is 9.94. The van der Waals surface area contributed by atoms with Crippen LogP contribution < -0.4 is 5.32 Å². The second-order valence-electron chi connectivity index (χ2n) is 5.63. The minimum atomic E-state index is -0.529. The molecule has 0 aliphatic rings. The summed E-state index contributed by atoms with van der Waals surface area (Å²) in [5.41, 5.74) is 1.39. The van der Waals surface area contributed by atoms with Crippen LogP contribution in [0.25, 0.3) is 0 Å². The number of halogens is 1. The second kappa shape index (κ2) is 6.98. The van der Waals surface area contributed by atoms with Crippen LogP contribution in [-0.4, -0.2) is 37.0 Å². The number of methoxy groups -OCH3 is 1. The zero-order chi connectivity index (χ0) is 14.5. The maximum Gasteiger partial charge on any atom is 0.126 e. The average molecular weight is 269 g/mol. The third-order valence-electron chi connectivity index (χ3n) is 3.06. The van der Waals surface area contributed by atoms with Crippen LogP contribution in [-0.2, 0) is 11.2 Å². The fourth-order valence-corrected chi connectivity index (χ4v) is 1.96. The Labute approximate surface area is 114 Å². The molecule has 0 saturated heterocycles. The highest BCUT2D eigenvalue weighted by molar-refractivity contribution is 5.24. The van der Waals surface area contributed by atoms with Crippen molar-refractivity contribution in [3.05, 3.63) is 35.1 Å². The Balaban J connectivity index is 2.55. The zero-order valence-corrected chi connectivity index (χ0v) is 12.2. The van der Waals surface area contributed by atoms with Crippen molar-refractivity contribution < 1.29 is 14.2 Å². The molecule has 0 saturated carbocycles. The van der Waals surface area contributed by atoms with Crippen LogP contribution in [0.3, 0.4) is 0 Å². The fourth-order valence-electron chi connectivity index (χ4n) is 1.96. The largest absolute Gasteiger partial charge is 0.389 e. The van der Waals surface area contributed by atoms with Crippen molar-refractivity contribution in [1.29, 1.82) is 0 Å². The first-order valence-corrected chi connectivity index (χ1v) is 6.51. The molecule has 1 aromatic rings. The predicted octanol–water partition coefficient (Wildman–Crippen LogP) is 2.05. The smallest absolute Gasteiger partial charge is 0.126 e. The van der Waals surface area contributed by atoms with Gasteiger partial charge in [-0.05, 0) is 44.4 Å². The predicted molar refractivity (Wildman–Crippen MR) is 74.8 cm³/mol. The lowest BCUT2D eigenvalue weighted by molar-refractivity contribution is 0.0598. The molecule has 2 N–H and O–H groups in total. The van der Waals surface area contributed by atoms with Gasteiger partial charge in [-0.25, -0.2) is 4.39 Å². The van der Waals surface area contributed by atoms with E-state index in [2.05, 4.69) is 5.32 Å². The monoisotopic (exact) mass is 269 g/mol. The molecule has 0 heterocycles. The summed E-state index contributed by atoms with van der Waals surface area (Å²) >= 11 is 0. The Morgan fingerprint density at radius 1 is 1.42 bits per heavy atom. The molecule has 0 aromatic heterocycles. The van der Waals surface area contributed by atoms with Crippen LogP contribution in [0.2, 0.25) is 0 Å². The van der Waals surface area contributed by atoms with Gasteiger partial charge in [0.1, 0.15) is 5.82 Å². The van der Waals surface area contributed by atoms with Crippen LogP contribution in [0.15, 0.2) is 18.2 Å². The molecule has 0 spiro atoms. The molecule has 1 aromatic carbocycles. The van der Waals surface area contributed by atoms with Crippen molar-refractivity contribution >= 4 is 0 Å². The molecular formula is C15H24FNO2.